The van der Waals surface area contributed by atoms with Crippen molar-refractivity contribution in [2.45, 2.75) is 45.6 Å². The van der Waals surface area contributed by atoms with Gasteiger partial charge in [-0.3, -0.25) is 0 Å². The van der Waals surface area contributed by atoms with Crippen molar-refractivity contribution in [2.24, 2.45) is 0 Å². The number of hydrogen-bond acceptors (Lipinski definition) is 5. The summed E-state index contributed by atoms with van der Waals surface area (Å²) in [4.78, 5) is 11.1. The third-order valence-electron chi connectivity index (χ3n) is 3.91. The van der Waals surface area contributed by atoms with Crippen LogP contribution < -0.4 is 15.0 Å². The Balaban J connectivity index is 2.14. The summed E-state index contributed by atoms with van der Waals surface area (Å²) in [5, 5.41) is 3.54. The normalized spacial score (nSPS) is 19.1. The zero-order chi connectivity index (χ0) is 14.4. The van der Waals surface area contributed by atoms with Gasteiger partial charge < -0.3 is 15.0 Å². The van der Waals surface area contributed by atoms with Gasteiger partial charge in [0.25, 0.3) is 0 Å². The van der Waals surface area contributed by atoms with Crippen LogP contribution in [0.5, 0.6) is 5.88 Å². The van der Waals surface area contributed by atoms with Crippen molar-refractivity contribution in [1.82, 2.24) is 15.3 Å². The molecule has 0 saturated carbocycles. The molecular weight excluding hydrogens is 252 g/mol. The summed E-state index contributed by atoms with van der Waals surface area (Å²) in [6.07, 6.45) is 6.54. The highest BCUT2D eigenvalue weighted by molar-refractivity contribution is 5.51. The first-order chi connectivity index (χ1) is 9.77. The second kappa shape index (κ2) is 7.43. The third kappa shape index (κ3) is 3.39. The standard InChI is InChI=1S/C15H26N4O/c1-4-8-16-10-13-7-5-6-9-19(13)14-12(2)15(20-3)18-11-17-14/h11,13,16H,4-10H2,1-3H3. The second-order valence-electron chi connectivity index (χ2n) is 5.38. The molecule has 1 N–H and O–H groups in total. The molecule has 2 rings (SSSR count). The van der Waals surface area contributed by atoms with E-state index in [1.54, 1.807) is 13.4 Å². The molecule has 112 valence electrons. The van der Waals surface area contributed by atoms with Gasteiger partial charge >= 0.3 is 0 Å². The highest BCUT2D eigenvalue weighted by Gasteiger charge is 2.25. The van der Waals surface area contributed by atoms with E-state index in [1.165, 1.54) is 25.7 Å². The van der Waals surface area contributed by atoms with Crippen LogP contribution in [0.3, 0.4) is 0 Å². The van der Waals surface area contributed by atoms with E-state index in [0.29, 0.717) is 11.9 Å². The van der Waals surface area contributed by atoms with Gasteiger partial charge in [0.05, 0.1) is 12.7 Å². The van der Waals surface area contributed by atoms with Crippen LogP contribution in [-0.2, 0) is 0 Å². The number of piperidine rings is 1. The van der Waals surface area contributed by atoms with Gasteiger partial charge in [-0.25, -0.2) is 9.97 Å². The van der Waals surface area contributed by atoms with Gasteiger partial charge in [0.1, 0.15) is 12.1 Å². The summed E-state index contributed by atoms with van der Waals surface area (Å²) in [7, 11) is 1.66. The molecule has 1 fully saturated rings. The quantitative estimate of drug-likeness (QED) is 0.808. The summed E-state index contributed by atoms with van der Waals surface area (Å²) >= 11 is 0. The first-order valence-electron chi connectivity index (χ1n) is 7.60. The smallest absolute Gasteiger partial charge is 0.221 e. The zero-order valence-electron chi connectivity index (χ0n) is 12.9. The Labute approximate surface area is 121 Å². The van der Waals surface area contributed by atoms with E-state index < -0.39 is 0 Å². The fourth-order valence-electron chi connectivity index (χ4n) is 2.86. The summed E-state index contributed by atoms with van der Waals surface area (Å²) in [6.45, 7) is 7.42. The van der Waals surface area contributed by atoms with E-state index in [4.69, 9.17) is 4.74 Å². The average molecular weight is 278 g/mol. The maximum Gasteiger partial charge on any atom is 0.221 e. The van der Waals surface area contributed by atoms with Crippen LogP contribution in [0.2, 0.25) is 0 Å². The minimum absolute atomic E-state index is 0.522. The van der Waals surface area contributed by atoms with E-state index in [1.807, 2.05) is 6.92 Å². The number of aromatic nitrogens is 2. The third-order valence-corrected chi connectivity index (χ3v) is 3.91. The fraction of sp³-hybridized carbons (Fsp3) is 0.733. The molecule has 1 saturated heterocycles. The lowest BCUT2D eigenvalue weighted by Crippen LogP contribution is -2.46. The number of anilines is 1. The Kier molecular flexibility index (Phi) is 5.59. The van der Waals surface area contributed by atoms with Crippen LogP contribution in [0.25, 0.3) is 0 Å². The van der Waals surface area contributed by atoms with Gasteiger partial charge in [-0.05, 0) is 39.2 Å². The number of rotatable bonds is 6. The first-order valence-corrected chi connectivity index (χ1v) is 7.60. The van der Waals surface area contributed by atoms with Gasteiger partial charge in [-0.1, -0.05) is 6.92 Å². The molecule has 0 aliphatic carbocycles. The van der Waals surface area contributed by atoms with E-state index >= 15 is 0 Å². The van der Waals surface area contributed by atoms with Crippen molar-refractivity contribution in [1.29, 1.82) is 0 Å². The molecule has 1 aromatic rings. The van der Waals surface area contributed by atoms with Crippen molar-refractivity contribution in [3.63, 3.8) is 0 Å². The lowest BCUT2D eigenvalue weighted by molar-refractivity contribution is 0.390. The van der Waals surface area contributed by atoms with Gasteiger partial charge in [0.15, 0.2) is 0 Å². The van der Waals surface area contributed by atoms with E-state index in [2.05, 4.69) is 27.1 Å². The van der Waals surface area contributed by atoms with Crippen LogP contribution in [0, 0.1) is 6.92 Å². The summed E-state index contributed by atoms with van der Waals surface area (Å²) < 4.78 is 5.32. The highest BCUT2D eigenvalue weighted by atomic mass is 16.5. The van der Waals surface area contributed by atoms with Crippen molar-refractivity contribution in [3.05, 3.63) is 11.9 Å². The van der Waals surface area contributed by atoms with Gasteiger partial charge in [-0.2, -0.15) is 0 Å². The molecule has 1 unspecified atom stereocenters. The topological polar surface area (TPSA) is 50.3 Å². The average Bonchev–Trinajstić information content (AvgIpc) is 2.48. The maximum atomic E-state index is 5.32. The number of nitrogens with one attached hydrogen (secondary N) is 1. The molecule has 0 bridgehead atoms. The molecule has 0 aromatic carbocycles. The lowest BCUT2D eigenvalue weighted by atomic mass is 10.0. The predicted molar refractivity (Wildman–Crippen MR) is 81.5 cm³/mol. The molecule has 20 heavy (non-hydrogen) atoms. The first kappa shape index (κ1) is 15.0. The molecule has 0 radical (unpaired) electrons. The number of methoxy groups -OCH3 is 1. The summed E-state index contributed by atoms with van der Waals surface area (Å²) in [6, 6.07) is 0.522. The van der Waals surface area contributed by atoms with E-state index in [0.717, 1.165) is 31.0 Å². The van der Waals surface area contributed by atoms with Crippen LogP contribution in [0.15, 0.2) is 6.33 Å². The molecule has 5 nitrogen and oxygen atoms in total. The van der Waals surface area contributed by atoms with Crippen molar-refractivity contribution in [2.75, 3.05) is 31.6 Å². The van der Waals surface area contributed by atoms with Gasteiger partial charge in [-0.15, -0.1) is 0 Å². The maximum absolute atomic E-state index is 5.32. The SMILES string of the molecule is CCCNCC1CCCCN1c1ncnc(OC)c1C. The molecule has 1 aliphatic rings. The van der Waals surface area contributed by atoms with E-state index in [9.17, 15) is 0 Å². The minimum Gasteiger partial charge on any atom is -0.481 e. The molecule has 0 spiro atoms. The molecule has 2 heterocycles. The molecule has 0 amide bonds. The molecular formula is C15H26N4O. The molecule has 1 atom stereocenters. The van der Waals surface area contributed by atoms with Gasteiger partial charge in [0.2, 0.25) is 5.88 Å². The Hall–Kier alpha value is -1.36. The zero-order valence-corrected chi connectivity index (χ0v) is 12.9. The number of hydrogen-bond donors (Lipinski definition) is 1. The Bertz CT molecular complexity index is 424. The molecule has 1 aromatic heterocycles. The second-order valence-corrected chi connectivity index (χ2v) is 5.38. The van der Waals surface area contributed by atoms with Crippen molar-refractivity contribution < 1.29 is 4.74 Å². The minimum atomic E-state index is 0.522. The monoisotopic (exact) mass is 278 g/mol. The van der Waals surface area contributed by atoms with Crippen LogP contribution in [0.1, 0.15) is 38.2 Å². The lowest BCUT2D eigenvalue weighted by Gasteiger charge is -2.37. The van der Waals surface area contributed by atoms with Crippen molar-refractivity contribution in [3.8, 4) is 5.88 Å². The largest absolute Gasteiger partial charge is 0.481 e. The van der Waals surface area contributed by atoms with Crippen molar-refractivity contribution >= 4 is 5.82 Å². The Morgan fingerprint density at radius 1 is 1.40 bits per heavy atom. The van der Waals surface area contributed by atoms with Crippen LogP contribution in [0.4, 0.5) is 5.82 Å². The number of ether oxygens (including phenoxy) is 1. The summed E-state index contributed by atoms with van der Waals surface area (Å²) in [5.41, 5.74) is 1.04. The molecule has 5 heteroatoms. The predicted octanol–water partition coefficient (Wildman–Crippen LogP) is 2.15. The molecule has 1 aliphatic heterocycles. The van der Waals surface area contributed by atoms with E-state index in [-0.39, 0.29) is 0 Å². The van der Waals surface area contributed by atoms with Crippen LogP contribution in [-0.4, -0.2) is 42.8 Å². The fourth-order valence-corrected chi connectivity index (χ4v) is 2.86. The van der Waals surface area contributed by atoms with Crippen LogP contribution >= 0.6 is 0 Å². The Morgan fingerprint density at radius 2 is 2.25 bits per heavy atom. The summed E-state index contributed by atoms with van der Waals surface area (Å²) in [5.74, 6) is 1.71. The van der Waals surface area contributed by atoms with Gasteiger partial charge in [0, 0.05) is 19.1 Å². The Morgan fingerprint density at radius 3 is 3.00 bits per heavy atom. The highest BCUT2D eigenvalue weighted by Crippen LogP contribution is 2.28. The number of nitrogens with zero attached hydrogens (tertiary/aromatic N) is 3.